The molecule has 2 rings (SSSR count). The Labute approximate surface area is 134 Å². The molecule has 1 saturated heterocycles. The fraction of sp³-hybridized carbons (Fsp3) is 0.438. The van der Waals surface area contributed by atoms with Crippen LogP contribution in [0.1, 0.15) is 12.0 Å². The topological polar surface area (TPSA) is 84.9 Å². The molecular formula is C16H20N2O5. The van der Waals surface area contributed by atoms with E-state index in [1.54, 1.807) is 6.07 Å². The van der Waals surface area contributed by atoms with E-state index in [4.69, 9.17) is 4.74 Å². The fourth-order valence-corrected chi connectivity index (χ4v) is 2.39. The average Bonchev–Trinajstić information content (AvgIpc) is 2.54. The standard InChI is InChI=1S/C16H20N2O5/c1-11-4-3-5-12(8-11)23-10-14(19)18-7-6-17-16(21)13(18)9-15(20)22-2/h3-5,8,13H,6-7,9-10H2,1-2H3,(H,17,21)/t13-/m1/s1. The Bertz CT molecular complexity index is 602. The van der Waals surface area contributed by atoms with Crippen molar-refractivity contribution >= 4 is 17.8 Å². The van der Waals surface area contributed by atoms with E-state index in [2.05, 4.69) is 10.1 Å². The highest BCUT2D eigenvalue weighted by atomic mass is 16.5. The summed E-state index contributed by atoms with van der Waals surface area (Å²) in [6, 6.07) is 6.49. The molecule has 23 heavy (non-hydrogen) atoms. The zero-order chi connectivity index (χ0) is 16.8. The number of carbonyl (C=O) groups is 3. The van der Waals surface area contributed by atoms with E-state index in [1.165, 1.54) is 12.0 Å². The maximum atomic E-state index is 12.4. The second-order valence-electron chi connectivity index (χ2n) is 5.28. The number of hydrogen-bond donors (Lipinski definition) is 1. The minimum atomic E-state index is -0.857. The summed E-state index contributed by atoms with van der Waals surface area (Å²) >= 11 is 0. The van der Waals surface area contributed by atoms with Crippen LogP contribution in [0.25, 0.3) is 0 Å². The second-order valence-corrected chi connectivity index (χ2v) is 5.28. The highest BCUT2D eigenvalue weighted by Crippen LogP contribution is 2.14. The lowest BCUT2D eigenvalue weighted by atomic mass is 10.1. The number of hydrogen-bond acceptors (Lipinski definition) is 5. The summed E-state index contributed by atoms with van der Waals surface area (Å²) in [6.45, 7) is 2.43. The van der Waals surface area contributed by atoms with Gasteiger partial charge in [0, 0.05) is 13.1 Å². The maximum Gasteiger partial charge on any atom is 0.308 e. The van der Waals surface area contributed by atoms with Crippen LogP contribution in [0.3, 0.4) is 0 Å². The molecule has 2 amide bonds. The van der Waals surface area contributed by atoms with E-state index in [0.717, 1.165) is 5.56 Å². The number of rotatable bonds is 5. The molecule has 0 aromatic heterocycles. The quantitative estimate of drug-likeness (QED) is 0.787. The third-order valence-electron chi connectivity index (χ3n) is 3.59. The van der Waals surface area contributed by atoms with Gasteiger partial charge in [-0.25, -0.2) is 0 Å². The molecule has 1 aliphatic rings. The number of carbonyl (C=O) groups excluding carboxylic acids is 3. The van der Waals surface area contributed by atoms with Gasteiger partial charge in [0.15, 0.2) is 6.61 Å². The monoisotopic (exact) mass is 320 g/mol. The number of nitrogens with zero attached hydrogens (tertiary/aromatic N) is 1. The number of amides is 2. The van der Waals surface area contributed by atoms with Gasteiger partial charge >= 0.3 is 5.97 Å². The summed E-state index contributed by atoms with van der Waals surface area (Å²) in [5.74, 6) is -0.644. The van der Waals surface area contributed by atoms with Gasteiger partial charge in [-0.2, -0.15) is 0 Å². The van der Waals surface area contributed by atoms with Crippen LogP contribution in [0.4, 0.5) is 0 Å². The van der Waals surface area contributed by atoms with Crippen LogP contribution in [0, 0.1) is 6.92 Å². The van der Waals surface area contributed by atoms with Gasteiger partial charge in [-0.1, -0.05) is 12.1 Å². The van der Waals surface area contributed by atoms with Crippen molar-refractivity contribution < 1.29 is 23.9 Å². The highest BCUT2D eigenvalue weighted by Gasteiger charge is 2.35. The SMILES string of the molecule is COC(=O)C[C@@H]1C(=O)NCCN1C(=O)COc1cccc(C)c1. The Hall–Kier alpha value is -2.57. The van der Waals surface area contributed by atoms with E-state index >= 15 is 0 Å². The number of nitrogens with one attached hydrogen (secondary N) is 1. The van der Waals surface area contributed by atoms with Crippen molar-refractivity contribution in [3.05, 3.63) is 29.8 Å². The molecule has 1 fully saturated rings. The molecule has 0 aliphatic carbocycles. The van der Waals surface area contributed by atoms with Crippen molar-refractivity contribution in [2.45, 2.75) is 19.4 Å². The molecule has 7 heteroatoms. The van der Waals surface area contributed by atoms with Crippen LogP contribution in [0.2, 0.25) is 0 Å². The Morgan fingerprint density at radius 2 is 2.17 bits per heavy atom. The lowest BCUT2D eigenvalue weighted by Crippen LogP contribution is -2.58. The van der Waals surface area contributed by atoms with Crippen LogP contribution in [0.15, 0.2) is 24.3 Å². The summed E-state index contributed by atoms with van der Waals surface area (Å²) in [7, 11) is 1.25. The van der Waals surface area contributed by atoms with E-state index in [0.29, 0.717) is 18.8 Å². The van der Waals surface area contributed by atoms with Gasteiger partial charge in [0.25, 0.3) is 5.91 Å². The van der Waals surface area contributed by atoms with Gasteiger partial charge < -0.3 is 19.7 Å². The summed E-state index contributed by atoms with van der Waals surface area (Å²) in [5, 5.41) is 2.65. The highest BCUT2D eigenvalue weighted by molar-refractivity contribution is 5.92. The van der Waals surface area contributed by atoms with Crippen molar-refractivity contribution in [1.29, 1.82) is 0 Å². The molecule has 0 bridgehead atoms. The van der Waals surface area contributed by atoms with E-state index in [9.17, 15) is 14.4 Å². The first-order valence-electron chi connectivity index (χ1n) is 7.34. The van der Waals surface area contributed by atoms with Crippen LogP contribution in [0.5, 0.6) is 5.75 Å². The molecule has 1 aromatic carbocycles. The lowest BCUT2D eigenvalue weighted by Gasteiger charge is -2.34. The van der Waals surface area contributed by atoms with E-state index < -0.39 is 12.0 Å². The smallest absolute Gasteiger partial charge is 0.308 e. The van der Waals surface area contributed by atoms with Crippen molar-refractivity contribution in [3.8, 4) is 5.75 Å². The zero-order valence-electron chi connectivity index (χ0n) is 13.2. The van der Waals surface area contributed by atoms with Crippen LogP contribution in [-0.2, 0) is 19.1 Å². The summed E-state index contributed by atoms with van der Waals surface area (Å²) in [4.78, 5) is 37.1. The van der Waals surface area contributed by atoms with Crippen molar-refractivity contribution in [2.75, 3.05) is 26.8 Å². The molecule has 1 aliphatic heterocycles. The molecule has 0 radical (unpaired) electrons. The van der Waals surface area contributed by atoms with E-state index in [1.807, 2.05) is 25.1 Å². The first-order chi connectivity index (χ1) is 11.0. The minimum Gasteiger partial charge on any atom is -0.484 e. The molecule has 1 atom stereocenters. The van der Waals surface area contributed by atoms with Gasteiger partial charge in [-0.3, -0.25) is 14.4 Å². The number of aryl methyl sites for hydroxylation is 1. The molecule has 0 saturated carbocycles. The normalized spacial score (nSPS) is 17.4. The lowest BCUT2D eigenvalue weighted by molar-refractivity contribution is -0.151. The first-order valence-corrected chi connectivity index (χ1v) is 7.34. The van der Waals surface area contributed by atoms with Crippen LogP contribution < -0.4 is 10.1 Å². The van der Waals surface area contributed by atoms with Crippen LogP contribution in [-0.4, -0.2) is 55.5 Å². The van der Waals surface area contributed by atoms with E-state index in [-0.39, 0.29) is 24.8 Å². The largest absolute Gasteiger partial charge is 0.484 e. The molecule has 124 valence electrons. The second kappa shape index (κ2) is 7.62. The average molecular weight is 320 g/mol. The molecule has 7 nitrogen and oxygen atoms in total. The Morgan fingerprint density at radius 1 is 1.39 bits per heavy atom. The number of esters is 1. The number of piperazine rings is 1. The Kier molecular flexibility index (Phi) is 5.56. The molecule has 1 heterocycles. The van der Waals surface area contributed by atoms with Crippen molar-refractivity contribution in [2.24, 2.45) is 0 Å². The van der Waals surface area contributed by atoms with Crippen molar-refractivity contribution in [1.82, 2.24) is 10.2 Å². The van der Waals surface area contributed by atoms with Crippen molar-refractivity contribution in [3.63, 3.8) is 0 Å². The number of ether oxygens (including phenoxy) is 2. The maximum absolute atomic E-state index is 12.4. The van der Waals surface area contributed by atoms with Gasteiger partial charge in [0.2, 0.25) is 5.91 Å². The van der Waals surface area contributed by atoms with Gasteiger partial charge in [0.1, 0.15) is 11.8 Å². The molecule has 0 spiro atoms. The molecule has 0 unspecified atom stereocenters. The summed E-state index contributed by atoms with van der Waals surface area (Å²) in [5.41, 5.74) is 1.02. The first kappa shape index (κ1) is 16.8. The summed E-state index contributed by atoms with van der Waals surface area (Å²) in [6.07, 6.45) is -0.168. The minimum absolute atomic E-state index is 0.168. The molecule has 1 N–H and O–H groups in total. The molecular weight excluding hydrogens is 300 g/mol. The predicted octanol–water partition coefficient (Wildman–Crippen LogP) is 0.264. The predicted molar refractivity (Wildman–Crippen MR) is 81.8 cm³/mol. The van der Waals surface area contributed by atoms with Crippen LogP contribution >= 0.6 is 0 Å². The number of benzene rings is 1. The van der Waals surface area contributed by atoms with Gasteiger partial charge in [-0.15, -0.1) is 0 Å². The summed E-state index contributed by atoms with van der Waals surface area (Å²) < 4.78 is 10.1. The number of methoxy groups -OCH3 is 1. The third-order valence-corrected chi connectivity index (χ3v) is 3.59. The zero-order valence-corrected chi connectivity index (χ0v) is 13.2. The third kappa shape index (κ3) is 4.45. The molecule has 1 aromatic rings. The Morgan fingerprint density at radius 3 is 2.87 bits per heavy atom. The van der Waals surface area contributed by atoms with Gasteiger partial charge in [-0.05, 0) is 24.6 Å². The van der Waals surface area contributed by atoms with Gasteiger partial charge in [0.05, 0.1) is 13.5 Å². The fourth-order valence-electron chi connectivity index (χ4n) is 2.39. The Balaban J connectivity index is 2.00.